The van der Waals surface area contributed by atoms with Crippen molar-refractivity contribution in [1.82, 2.24) is 5.32 Å². The highest BCUT2D eigenvalue weighted by atomic mass is 16.3. The second-order valence-electron chi connectivity index (χ2n) is 12.8. The average molecular weight is 596 g/mol. The molecule has 42 heavy (non-hydrogen) atoms. The van der Waals surface area contributed by atoms with Crippen molar-refractivity contribution in [3.05, 3.63) is 12.2 Å². The van der Waals surface area contributed by atoms with E-state index in [4.69, 9.17) is 0 Å². The standard InChI is InChI=1S/C37H73NO4/c1-3-5-7-9-11-13-15-17-18-19-20-22-24-26-28-30-32-36(41)37(42)38-34(33-39)35(40)31-29-27-25-23-21-16-14-12-10-8-6-4-2/h27,29,34-36,39-41H,3-26,28,30-33H2,1-2H3,(H,38,42)/b29-27+/t34-,35+,36+/m0/s1. The van der Waals surface area contributed by atoms with Crippen LogP contribution in [0.4, 0.5) is 0 Å². The molecule has 4 N–H and O–H groups in total. The van der Waals surface area contributed by atoms with Crippen LogP contribution >= 0.6 is 0 Å². The molecule has 0 spiro atoms. The molecule has 0 unspecified atom stereocenters. The monoisotopic (exact) mass is 596 g/mol. The predicted molar refractivity (Wildman–Crippen MR) is 181 cm³/mol. The van der Waals surface area contributed by atoms with Gasteiger partial charge < -0.3 is 20.6 Å². The molecular weight excluding hydrogens is 522 g/mol. The van der Waals surface area contributed by atoms with Crippen molar-refractivity contribution < 1.29 is 20.1 Å². The molecule has 0 fully saturated rings. The summed E-state index contributed by atoms with van der Waals surface area (Å²) in [5, 5.41) is 33.0. The maximum atomic E-state index is 12.4. The van der Waals surface area contributed by atoms with Gasteiger partial charge in [-0.05, 0) is 25.7 Å². The molecule has 0 radical (unpaired) electrons. The summed E-state index contributed by atoms with van der Waals surface area (Å²) < 4.78 is 0. The lowest BCUT2D eigenvalue weighted by Gasteiger charge is -2.23. The SMILES string of the molecule is CCCCCCCCCCC/C=C/C[C@@H](O)[C@H](CO)NC(=O)[C@H](O)CCCCCCCCCCCCCCCCCC. The first-order valence-corrected chi connectivity index (χ1v) is 18.5. The van der Waals surface area contributed by atoms with Gasteiger partial charge in [-0.15, -0.1) is 0 Å². The van der Waals surface area contributed by atoms with Crippen molar-refractivity contribution in [2.24, 2.45) is 0 Å². The minimum Gasteiger partial charge on any atom is -0.394 e. The molecule has 0 aromatic heterocycles. The number of carbonyl (C=O) groups is 1. The summed E-state index contributed by atoms with van der Waals surface area (Å²) in [6.45, 7) is 4.18. The normalized spacial score (nSPS) is 13.9. The quantitative estimate of drug-likeness (QED) is 0.0449. The summed E-state index contributed by atoms with van der Waals surface area (Å²) in [4.78, 5) is 12.4. The lowest BCUT2D eigenvalue weighted by Crippen LogP contribution is -2.49. The molecule has 0 bridgehead atoms. The summed E-state index contributed by atoms with van der Waals surface area (Å²) in [5.41, 5.74) is 0. The van der Waals surface area contributed by atoms with Gasteiger partial charge in [-0.2, -0.15) is 0 Å². The molecule has 250 valence electrons. The lowest BCUT2D eigenvalue weighted by molar-refractivity contribution is -0.131. The number of rotatable bonds is 33. The Morgan fingerprint density at radius 3 is 1.36 bits per heavy atom. The van der Waals surface area contributed by atoms with Gasteiger partial charge in [0, 0.05) is 0 Å². The lowest BCUT2D eigenvalue weighted by atomic mass is 10.0. The summed E-state index contributed by atoms with van der Waals surface area (Å²) in [5.74, 6) is -0.493. The van der Waals surface area contributed by atoms with Crippen molar-refractivity contribution in [2.45, 2.75) is 212 Å². The van der Waals surface area contributed by atoms with E-state index < -0.39 is 24.2 Å². The van der Waals surface area contributed by atoms with Crippen molar-refractivity contribution in [1.29, 1.82) is 0 Å². The Bertz CT molecular complexity index is 582. The van der Waals surface area contributed by atoms with Crippen LogP contribution in [0, 0.1) is 0 Å². The van der Waals surface area contributed by atoms with Gasteiger partial charge in [0.2, 0.25) is 5.91 Å². The molecule has 1 amide bonds. The Hall–Kier alpha value is -0.910. The zero-order valence-corrected chi connectivity index (χ0v) is 28.1. The molecule has 0 aromatic carbocycles. The zero-order chi connectivity index (χ0) is 30.9. The number of aliphatic hydroxyl groups is 3. The van der Waals surface area contributed by atoms with Crippen LogP contribution in [0.25, 0.3) is 0 Å². The van der Waals surface area contributed by atoms with E-state index in [1.165, 1.54) is 135 Å². The van der Waals surface area contributed by atoms with E-state index in [1.54, 1.807) is 0 Å². The fraction of sp³-hybridized carbons (Fsp3) is 0.919. The maximum Gasteiger partial charge on any atom is 0.249 e. The van der Waals surface area contributed by atoms with Crippen LogP contribution < -0.4 is 5.32 Å². The maximum absolute atomic E-state index is 12.4. The molecule has 0 aromatic rings. The summed E-state index contributed by atoms with van der Waals surface area (Å²) in [6, 6.07) is -0.754. The third kappa shape index (κ3) is 27.9. The van der Waals surface area contributed by atoms with E-state index in [0.717, 1.165) is 32.1 Å². The number of amides is 1. The summed E-state index contributed by atoms with van der Waals surface area (Å²) in [6.07, 6.45) is 36.4. The van der Waals surface area contributed by atoms with Crippen LogP contribution in [-0.2, 0) is 4.79 Å². The number of carbonyl (C=O) groups excluding carboxylic acids is 1. The van der Waals surface area contributed by atoms with E-state index in [1.807, 2.05) is 6.08 Å². The highest BCUT2D eigenvalue weighted by molar-refractivity contribution is 5.80. The zero-order valence-electron chi connectivity index (χ0n) is 28.1. The molecular formula is C37H73NO4. The molecule has 0 aliphatic rings. The third-order valence-corrected chi connectivity index (χ3v) is 8.64. The van der Waals surface area contributed by atoms with Crippen LogP contribution in [0.2, 0.25) is 0 Å². The van der Waals surface area contributed by atoms with Crippen LogP contribution in [0.5, 0.6) is 0 Å². The van der Waals surface area contributed by atoms with Crippen LogP contribution in [0.3, 0.4) is 0 Å². The number of hydrogen-bond acceptors (Lipinski definition) is 4. The molecule has 5 nitrogen and oxygen atoms in total. The number of unbranched alkanes of at least 4 members (excludes halogenated alkanes) is 24. The molecule has 3 atom stereocenters. The Labute approximate surface area is 261 Å². The van der Waals surface area contributed by atoms with Crippen molar-refractivity contribution in [3.8, 4) is 0 Å². The Balaban J connectivity index is 3.71. The largest absolute Gasteiger partial charge is 0.394 e. The number of nitrogens with one attached hydrogen (secondary N) is 1. The van der Waals surface area contributed by atoms with Gasteiger partial charge in [-0.3, -0.25) is 4.79 Å². The van der Waals surface area contributed by atoms with Crippen molar-refractivity contribution >= 4 is 5.91 Å². The van der Waals surface area contributed by atoms with E-state index in [0.29, 0.717) is 12.8 Å². The molecule has 0 heterocycles. The van der Waals surface area contributed by atoms with Gasteiger partial charge in [0.05, 0.1) is 18.8 Å². The smallest absolute Gasteiger partial charge is 0.249 e. The third-order valence-electron chi connectivity index (χ3n) is 8.64. The van der Waals surface area contributed by atoms with Gasteiger partial charge in [-0.25, -0.2) is 0 Å². The van der Waals surface area contributed by atoms with Crippen LogP contribution in [0.1, 0.15) is 194 Å². The second-order valence-corrected chi connectivity index (χ2v) is 12.8. The molecule has 0 rings (SSSR count). The van der Waals surface area contributed by atoms with Gasteiger partial charge in [0.25, 0.3) is 0 Å². The van der Waals surface area contributed by atoms with E-state index in [2.05, 4.69) is 25.2 Å². The van der Waals surface area contributed by atoms with E-state index in [-0.39, 0.29) is 6.61 Å². The van der Waals surface area contributed by atoms with Gasteiger partial charge in [-0.1, -0.05) is 180 Å². The van der Waals surface area contributed by atoms with Gasteiger partial charge in [0.1, 0.15) is 6.10 Å². The molecule has 0 saturated carbocycles. The topological polar surface area (TPSA) is 89.8 Å². The average Bonchev–Trinajstić information content (AvgIpc) is 2.99. The second kappa shape index (κ2) is 33.0. The number of allylic oxidation sites excluding steroid dienone is 1. The van der Waals surface area contributed by atoms with Crippen LogP contribution in [0.15, 0.2) is 12.2 Å². The summed E-state index contributed by atoms with van der Waals surface area (Å²) >= 11 is 0. The highest BCUT2D eigenvalue weighted by Gasteiger charge is 2.23. The molecule has 0 aliphatic heterocycles. The molecule has 5 heteroatoms. The van der Waals surface area contributed by atoms with Crippen LogP contribution in [-0.4, -0.2) is 46.1 Å². The van der Waals surface area contributed by atoms with Crippen molar-refractivity contribution in [2.75, 3.05) is 6.61 Å². The fourth-order valence-electron chi connectivity index (χ4n) is 5.65. The van der Waals surface area contributed by atoms with E-state index >= 15 is 0 Å². The number of aliphatic hydroxyl groups excluding tert-OH is 3. The van der Waals surface area contributed by atoms with E-state index in [9.17, 15) is 20.1 Å². The van der Waals surface area contributed by atoms with Gasteiger partial charge in [0.15, 0.2) is 0 Å². The minimum atomic E-state index is -1.08. The number of hydrogen-bond donors (Lipinski definition) is 4. The Morgan fingerprint density at radius 1 is 0.571 bits per heavy atom. The fourth-order valence-corrected chi connectivity index (χ4v) is 5.65. The Kier molecular flexibility index (Phi) is 32.3. The predicted octanol–water partition coefficient (Wildman–Crippen LogP) is 9.70. The first kappa shape index (κ1) is 41.1. The first-order chi connectivity index (χ1) is 20.6. The first-order valence-electron chi connectivity index (χ1n) is 18.5. The molecule has 0 saturated heterocycles. The summed E-state index contributed by atoms with van der Waals surface area (Å²) in [7, 11) is 0. The van der Waals surface area contributed by atoms with Gasteiger partial charge >= 0.3 is 0 Å². The highest BCUT2D eigenvalue weighted by Crippen LogP contribution is 2.15. The minimum absolute atomic E-state index is 0.342. The molecule has 0 aliphatic carbocycles. The van der Waals surface area contributed by atoms with Crippen molar-refractivity contribution in [3.63, 3.8) is 0 Å². The Morgan fingerprint density at radius 2 is 0.952 bits per heavy atom.